The summed E-state index contributed by atoms with van der Waals surface area (Å²) in [5.41, 5.74) is 9.13. The van der Waals surface area contributed by atoms with E-state index in [1.54, 1.807) is 21.0 Å². The average molecular weight is 911 g/mol. The van der Waals surface area contributed by atoms with Crippen molar-refractivity contribution < 1.29 is 57.8 Å². The van der Waals surface area contributed by atoms with E-state index in [0.717, 1.165) is 17.6 Å². The fourth-order valence-electron chi connectivity index (χ4n) is 10.6. The van der Waals surface area contributed by atoms with E-state index in [-0.39, 0.29) is 61.7 Å². The van der Waals surface area contributed by atoms with E-state index in [4.69, 9.17) is 34.2 Å². The van der Waals surface area contributed by atoms with Crippen LogP contribution in [0.25, 0.3) is 0 Å². The molecule has 14 nitrogen and oxygen atoms in total. The highest BCUT2D eigenvalue weighted by atomic mass is 16.7. The Bertz CT molecular complexity index is 1810. The van der Waals surface area contributed by atoms with Gasteiger partial charge in [-0.25, -0.2) is 4.79 Å². The van der Waals surface area contributed by atoms with Crippen molar-refractivity contribution >= 4 is 23.4 Å². The quantitative estimate of drug-likeness (QED) is 0.137. The molecule has 1 amide bonds. The summed E-state index contributed by atoms with van der Waals surface area (Å²) < 4.78 is 36.7. The van der Waals surface area contributed by atoms with Gasteiger partial charge in [-0.05, 0) is 101 Å². The normalized spacial score (nSPS) is 37.9. The molecule has 65 heavy (non-hydrogen) atoms. The number of carbonyl (C=O) groups excluding carboxylic acids is 4. The van der Waals surface area contributed by atoms with Gasteiger partial charge in [0.2, 0.25) is 5.79 Å². The lowest BCUT2D eigenvalue weighted by molar-refractivity contribution is -0.302. The number of methoxy groups -OCH3 is 3. The highest BCUT2D eigenvalue weighted by molar-refractivity contribution is 6.39. The number of nitrogens with two attached hydrogens (primary N) is 1. The molecule has 0 aromatic heterocycles. The minimum Gasteiger partial charge on any atom is -0.456 e. The van der Waals surface area contributed by atoms with Crippen LogP contribution in [0.3, 0.4) is 0 Å². The van der Waals surface area contributed by atoms with Crippen LogP contribution in [0.1, 0.15) is 124 Å². The van der Waals surface area contributed by atoms with Crippen LogP contribution >= 0.6 is 0 Å². The number of piperidine rings is 1. The molecule has 3 heterocycles. The van der Waals surface area contributed by atoms with E-state index in [1.807, 2.05) is 57.2 Å². The zero-order valence-corrected chi connectivity index (χ0v) is 40.3. The first kappa shape index (κ1) is 52.6. The number of amides is 1. The Morgan fingerprint density at radius 3 is 2.26 bits per heavy atom. The van der Waals surface area contributed by atoms with Gasteiger partial charge in [-0.1, -0.05) is 75.8 Å². The topological polar surface area (TPSA) is 193 Å². The van der Waals surface area contributed by atoms with Crippen LogP contribution in [-0.4, -0.2) is 128 Å². The SMILES string of the molecule is CCC1/C=C(\C)CC(C)CC(OC)C2OC(O)(C(=O)C(=O)N3CCCCC3C(=O)OC(C(C)=CC3CCC(OCC(N)c4ccccc4)C(OC)C3)C(C)C(O)CC1=O)C(C)CC2OC. The Balaban J connectivity index is 1.45. The van der Waals surface area contributed by atoms with E-state index < -0.39 is 77.8 Å². The minimum absolute atomic E-state index is 0.0141. The van der Waals surface area contributed by atoms with Gasteiger partial charge in [0.05, 0.1) is 43.2 Å². The molecule has 1 aromatic carbocycles. The number of hydrogen-bond acceptors (Lipinski definition) is 13. The molecule has 3 fully saturated rings. The minimum atomic E-state index is -2.51. The van der Waals surface area contributed by atoms with Crippen molar-refractivity contribution in [2.24, 2.45) is 35.3 Å². The molecule has 14 heteroatoms. The van der Waals surface area contributed by atoms with Gasteiger partial charge in [-0.3, -0.25) is 14.4 Å². The van der Waals surface area contributed by atoms with Gasteiger partial charge >= 0.3 is 5.97 Å². The van der Waals surface area contributed by atoms with Crippen LogP contribution < -0.4 is 5.73 Å². The molecule has 0 radical (unpaired) electrons. The molecular weight excluding hydrogens is 833 g/mol. The molecule has 3 aliphatic heterocycles. The Morgan fingerprint density at radius 1 is 0.923 bits per heavy atom. The van der Waals surface area contributed by atoms with Crippen LogP contribution in [0.4, 0.5) is 0 Å². The molecule has 0 spiro atoms. The Kier molecular flexibility index (Phi) is 19.5. The lowest BCUT2D eigenvalue weighted by atomic mass is 9.81. The average Bonchev–Trinajstić information content (AvgIpc) is 3.30. The third-order valence-corrected chi connectivity index (χ3v) is 14.6. The number of ketones is 2. The first-order chi connectivity index (χ1) is 30.9. The molecule has 1 aliphatic carbocycles. The van der Waals surface area contributed by atoms with Gasteiger partial charge in [-0.2, -0.15) is 0 Å². The molecule has 2 saturated heterocycles. The second kappa shape index (κ2) is 24.1. The summed E-state index contributed by atoms with van der Waals surface area (Å²) >= 11 is 0. The predicted octanol–water partition coefficient (Wildman–Crippen LogP) is 6.20. The number of hydrogen-bond donors (Lipinski definition) is 3. The third kappa shape index (κ3) is 13.0. The number of rotatable bonds is 10. The third-order valence-electron chi connectivity index (χ3n) is 14.6. The molecule has 4 aliphatic rings. The Labute approximate surface area is 386 Å². The van der Waals surface area contributed by atoms with Crippen LogP contribution in [0, 0.1) is 29.6 Å². The zero-order chi connectivity index (χ0) is 47.6. The lowest BCUT2D eigenvalue weighted by Gasteiger charge is -2.47. The van der Waals surface area contributed by atoms with Gasteiger partial charge in [0.15, 0.2) is 0 Å². The summed E-state index contributed by atoms with van der Waals surface area (Å²) in [5.74, 6) is -7.51. The summed E-state index contributed by atoms with van der Waals surface area (Å²) in [6.07, 6.45) is 4.60. The number of allylic oxidation sites excluding steroid dienone is 3. The highest BCUT2D eigenvalue weighted by Gasteiger charge is 2.56. The van der Waals surface area contributed by atoms with Crippen molar-refractivity contribution in [3.63, 3.8) is 0 Å². The molecular formula is C51H78N2O12. The van der Waals surface area contributed by atoms with Crippen molar-refractivity contribution in [1.29, 1.82) is 0 Å². The fourth-order valence-corrected chi connectivity index (χ4v) is 10.6. The standard InChI is InChI=1S/C51H78N2O12/c1-10-36-23-30(2)22-31(3)24-44(61-8)47-45(62-9)26-33(5)51(59,65-47)48(56)49(57)53-21-15-14-18-39(53)50(58)64-46(34(6)40(54)28-41(36)55)32(4)25-35-19-20-42(43(27-35)60-7)63-29-38(52)37-16-12-11-13-17-37/h11-13,16-17,23,25,31,33-36,38-40,42-47,54,59H,10,14-15,18-22,24,26-29,52H2,1-9H3/b30-23+,32-25?. The molecule has 15 atom stereocenters. The van der Waals surface area contributed by atoms with Crippen molar-refractivity contribution in [1.82, 2.24) is 4.90 Å². The number of nitrogens with zero attached hydrogens (tertiary/aromatic N) is 1. The summed E-state index contributed by atoms with van der Waals surface area (Å²) in [7, 11) is 4.74. The van der Waals surface area contributed by atoms with Crippen molar-refractivity contribution in [2.75, 3.05) is 34.5 Å². The number of ether oxygens (including phenoxy) is 6. The zero-order valence-electron chi connectivity index (χ0n) is 40.3. The number of benzene rings is 1. The van der Waals surface area contributed by atoms with Gasteiger partial charge in [-0.15, -0.1) is 0 Å². The molecule has 15 unspecified atom stereocenters. The lowest BCUT2D eigenvalue weighted by Crippen LogP contribution is -2.64. The molecule has 2 bridgehead atoms. The number of esters is 1. The first-order valence-corrected chi connectivity index (χ1v) is 24.0. The van der Waals surface area contributed by atoms with Gasteiger partial charge in [0.25, 0.3) is 11.7 Å². The molecule has 1 aromatic rings. The Hall–Kier alpha value is -3.34. The van der Waals surface area contributed by atoms with Crippen molar-refractivity contribution in [3.8, 4) is 0 Å². The van der Waals surface area contributed by atoms with Crippen molar-refractivity contribution in [3.05, 3.63) is 59.2 Å². The van der Waals surface area contributed by atoms with E-state index in [1.165, 1.54) is 19.1 Å². The van der Waals surface area contributed by atoms with Gasteiger partial charge in [0, 0.05) is 52.0 Å². The van der Waals surface area contributed by atoms with Crippen LogP contribution in [0.2, 0.25) is 0 Å². The largest absolute Gasteiger partial charge is 0.456 e. The van der Waals surface area contributed by atoms with E-state index in [2.05, 4.69) is 13.0 Å². The van der Waals surface area contributed by atoms with Crippen molar-refractivity contribution in [2.45, 2.75) is 173 Å². The van der Waals surface area contributed by atoms with Crippen LogP contribution in [0.15, 0.2) is 53.6 Å². The smallest absolute Gasteiger partial charge is 0.329 e. The van der Waals surface area contributed by atoms with Gasteiger partial charge < -0.3 is 49.3 Å². The predicted molar refractivity (Wildman–Crippen MR) is 245 cm³/mol. The van der Waals surface area contributed by atoms with E-state index >= 15 is 0 Å². The molecule has 364 valence electrons. The number of Topliss-reactive ketones (excluding diaryl/α,β-unsaturated/α-hetero) is 2. The Morgan fingerprint density at radius 2 is 1.60 bits per heavy atom. The van der Waals surface area contributed by atoms with Crippen LogP contribution in [-0.2, 0) is 47.6 Å². The van der Waals surface area contributed by atoms with Crippen LogP contribution in [0.5, 0.6) is 0 Å². The van der Waals surface area contributed by atoms with Gasteiger partial charge in [0.1, 0.15) is 24.0 Å². The summed E-state index contributed by atoms with van der Waals surface area (Å²) in [5, 5.41) is 24.0. The maximum Gasteiger partial charge on any atom is 0.329 e. The molecule has 1 saturated carbocycles. The second-order valence-corrected chi connectivity index (χ2v) is 19.5. The molecule has 4 N–H and O–H groups in total. The number of fused-ring (bicyclic) bond motifs is 3. The maximum atomic E-state index is 14.5. The maximum absolute atomic E-state index is 14.5. The van der Waals surface area contributed by atoms with E-state index in [9.17, 15) is 29.4 Å². The number of cyclic esters (lactones) is 1. The first-order valence-electron chi connectivity index (χ1n) is 24.0. The monoisotopic (exact) mass is 911 g/mol. The highest BCUT2D eigenvalue weighted by Crippen LogP contribution is 2.39. The number of aliphatic hydroxyl groups excluding tert-OH is 1. The second-order valence-electron chi connectivity index (χ2n) is 19.5. The number of aliphatic hydroxyl groups is 2. The number of carbonyl (C=O) groups is 4. The molecule has 5 rings (SSSR count). The summed E-state index contributed by atoms with van der Waals surface area (Å²) in [6, 6.07) is 8.39. The summed E-state index contributed by atoms with van der Waals surface area (Å²) in [6.45, 7) is 11.7. The van der Waals surface area contributed by atoms with E-state index in [0.29, 0.717) is 57.1 Å². The fraction of sp³-hybridized carbons (Fsp3) is 0.725. The summed E-state index contributed by atoms with van der Waals surface area (Å²) in [4.78, 5) is 58.4.